The molecule has 0 aliphatic carbocycles. The van der Waals surface area contributed by atoms with Crippen molar-refractivity contribution in [2.75, 3.05) is 12.9 Å². The maximum absolute atomic E-state index is 12.2. The van der Waals surface area contributed by atoms with Crippen molar-refractivity contribution >= 4 is 58.6 Å². The van der Waals surface area contributed by atoms with Gasteiger partial charge in [0.2, 0.25) is 0 Å². The fourth-order valence-electron chi connectivity index (χ4n) is 3.03. The molecule has 0 bridgehead atoms. The zero-order chi connectivity index (χ0) is 25.9. The van der Waals surface area contributed by atoms with Crippen molar-refractivity contribution in [1.82, 2.24) is 15.6 Å². The van der Waals surface area contributed by atoms with Gasteiger partial charge in [-0.05, 0) is 41.0 Å². The number of hydrogen-bond donors (Lipinski definition) is 1. The summed E-state index contributed by atoms with van der Waals surface area (Å²) in [7, 11) is 1.58. The topological polar surface area (TPSA) is 85.7 Å². The van der Waals surface area contributed by atoms with E-state index < -0.39 is 0 Å². The van der Waals surface area contributed by atoms with E-state index in [9.17, 15) is 4.79 Å². The number of carbonyl (C=O) groups excluding carboxylic acids is 1. The van der Waals surface area contributed by atoms with E-state index in [1.807, 2.05) is 66.7 Å². The van der Waals surface area contributed by atoms with Gasteiger partial charge in [0.1, 0.15) is 6.61 Å². The number of benzene rings is 3. The zero-order valence-electron chi connectivity index (χ0n) is 19.8. The number of thioether (sulfide) groups is 2. The molecule has 0 atom stereocenters. The fourth-order valence-corrected chi connectivity index (χ4v) is 6.12. The summed E-state index contributed by atoms with van der Waals surface area (Å²) < 4.78 is 12.9. The minimum Gasteiger partial charge on any atom is -0.493 e. The second-order valence-corrected chi connectivity index (χ2v) is 11.3. The van der Waals surface area contributed by atoms with Gasteiger partial charge < -0.3 is 9.47 Å². The molecule has 0 radical (unpaired) electrons. The van der Waals surface area contributed by atoms with Crippen LogP contribution in [0.4, 0.5) is 0 Å². The lowest BCUT2D eigenvalue weighted by molar-refractivity contribution is -0.118. The molecule has 0 saturated heterocycles. The Hall–Kier alpha value is -3.05. The minimum absolute atomic E-state index is 0.177. The Morgan fingerprint density at radius 2 is 1.78 bits per heavy atom. The number of nitrogens with zero attached hydrogens (tertiary/aromatic N) is 3. The van der Waals surface area contributed by atoms with Crippen LogP contribution in [-0.2, 0) is 17.2 Å². The van der Waals surface area contributed by atoms with Crippen molar-refractivity contribution in [3.63, 3.8) is 0 Å². The quantitative estimate of drug-likeness (QED) is 0.121. The van der Waals surface area contributed by atoms with Gasteiger partial charge in [0.25, 0.3) is 5.91 Å². The second kappa shape index (κ2) is 14.0. The van der Waals surface area contributed by atoms with Crippen LogP contribution in [-0.4, -0.2) is 35.2 Å². The lowest BCUT2D eigenvalue weighted by Gasteiger charge is -2.11. The highest BCUT2D eigenvalue weighted by molar-refractivity contribution is 8.03. The van der Waals surface area contributed by atoms with Crippen LogP contribution in [0.5, 0.6) is 11.5 Å². The molecule has 4 aromatic rings. The van der Waals surface area contributed by atoms with Crippen LogP contribution in [0.25, 0.3) is 0 Å². The van der Waals surface area contributed by atoms with Crippen molar-refractivity contribution in [3.05, 3.63) is 94.5 Å². The van der Waals surface area contributed by atoms with E-state index >= 15 is 0 Å². The Bertz CT molecular complexity index is 1350. The molecule has 0 spiro atoms. The van der Waals surface area contributed by atoms with Crippen molar-refractivity contribution in [3.8, 4) is 11.5 Å². The Kier molecular flexibility index (Phi) is 10.2. The number of ether oxygens (including phenoxy) is 2. The predicted molar refractivity (Wildman–Crippen MR) is 151 cm³/mol. The van der Waals surface area contributed by atoms with Gasteiger partial charge in [-0.2, -0.15) is 5.10 Å². The number of methoxy groups -OCH3 is 1. The normalized spacial score (nSPS) is 11.0. The van der Waals surface area contributed by atoms with E-state index in [0.29, 0.717) is 23.9 Å². The van der Waals surface area contributed by atoms with E-state index in [2.05, 4.69) is 20.7 Å². The molecular weight excluding hydrogens is 548 g/mol. The summed E-state index contributed by atoms with van der Waals surface area (Å²) in [5.74, 6) is 1.86. The molecule has 0 fully saturated rings. The van der Waals surface area contributed by atoms with Crippen LogP contribution < -0.4 is 14.9 Å². The highest BCUT2D eigenvalue weighted by Crippen LogP contribution is 2.32. The number of hydrazone groups is 1. The second-order valence-electron chi connectivity index (χ2n) is 7.48. The standard InChI is InChI=1S/C26H23ClN4O3S3/c1-33-23-13-19(11-12-22(23)34-15-18-7-3-2-4-8-18)14-28-29-24(32)17-36-26-31-30-25(37-26)35-16-20-9-5-6-10-21(20)27/h2-14H,15-17H2,1H3,(H,29,32)/b28-14+. The molecule has 7 nitrogen and oxygen atoms in total. The molecule has 37 heavy (non-hydrogen) atoms. The third-order valence-electron chi connectivity index (χ3n) is 4.85. The molecule has 1 heterocycles. The third kappa shape index (κ3) is 8.50. The van der Waals surface area contributed by atoms with Crippen molar-refractivity contribution in [2.45, 2.75) is 21.0 Å². The Labute approximate surface area is 232 Å². The lowest BCUT2D eigenvalue weighted by atomic mass is 10.2. The molecule has 0 saturated carbocycles. The van der Waals surface area contributed by atoms with Gasteiger partial charge >= 0.3 is 0 Å². The monoisotopic (exact) mass is 570 g/mol. The number of halogens is 1. The van der Waals surface area contributed by atoms with Crippen LogP contribution in [0.1, 0.15) is 16.7 Å². The number of carbonyl (C=O) groups is 1. The number of nitrogens with one attached hydrogen (secondary N) is 1. The molecule has 0 aliphatic heterocycles. The Balaban J connectivity index is 1.21. The summed E-state index contributed by atoms with van der Waals surface area (Å²) in [5, 5.41) is 13.1. The Morgan fingerprint density at radius 1 is 1.03 bits per heavy atom. The van der Waals surface area contributed by atoms with Crippen molar-refractivity contribution < 1.29 is 14.3 Å². The summed E-state index contributed by atoms with van der Waals surface area (Å²) >= 11 is 10.5. The Morgan fingerprint density at radius 3 is 2.57 bits per heavy atom. The zero-order valence-corrected chi connectivity index (χ0v) is 23.0. The summed E-state index contributed by atoms with van der Waals surface area (Å²) in [5.41, 5.74) is 5.41. The van der Waals surface area contributed by atoms with Gasteiger partial charge in [-0.3, -0.25) is 4.79 Å². The van der Waals surface area contributed by atoms with Crippen LogP contribution in [0.2, 0.25) is 5.02 Å². The van der Waals surface area contributed by atoms with Gasteiger partial charge in [-0.25, -0.2) is 5.43 Å². The maximum Gasteiger partial charge on any atom is 0.250 e. The van der Waals surface area contributed by atoms with Crippen molar-refractivity contribution in [2.24, 2.45) is 5.10 Å². The van der Waals surface area contributed by atoms with E-state index in [4.69, 9.17) is 21.1 Å². The number of aromatic nitrogens is 2. The first-order valence-electron chi connectivity index (χ1n) is 11.1. The first-order valence-corrected chi connectivity index (χ1v) is 14.3. The number of hydrogen-bond acceptors (Lipinski definition) is 9. The summed E-state index contributed by atoms with van der Waals surface area (Å²) in [6, 6.07) is 23.1. The largest absolute Gasteiger partial charge is 0.493 e. The van der Waals surface area contributed by atoms with E-state index in [1.54, 1.807) is 31.2 Å². The average molecular weight is 571 g/mol. The number of amides is 1. The van der Waals surface area contributed by atoms with Crippen molar-refractivity contribution in [1.29, 1.82) is 0 Å². The van der Waals surface area contributed by atoms with Crippen LogP contribution in [0, 0.1) is 0 Å². The molecule has 190 valence electrons. The summed E-state index contributed by atoms with van der Waals surface area (Å²) in [6.07, 6.45) is 1.56. The first-order chi connectivity index (χ1) is 18.1. The summed E-state index contributed by atoms with van der Waals surface area (Å²) in [6.45, 7) is 0.439. The van der Waals surface area contributed by atoms with Crippen LogP contribution in [0.3, 0.4) is 0 Å². The maximum atomic E-state index is 12.2. The molecule has 1 N–H and O–H groups in total. The SMILES string of the molecule is COc1cc(/C=N/NC(=O)CSc2nnc(SCc3ccccc3Cl)s2)ccc1OCc1ccccc1. The molecule has 1 amide bonds. The lowest BCUT2D eigenvalue weighted by Crippen LogP contribution is -2.19. The smallest absolute Gasteiger partial charge is 0.250 e. The third-order valence-corrected chi connectivity index (χ3v) is 8.46. The first kappa shape index (κ1) is 27.0. The molecule has 0 aliphatic rings. The van der Waals surface area contributed by atoms with E-state index in [-0.39, 0.29) is 11.7 Å². The van der Waals surface area contributed by atoms with E-state index in [1.165, 1.54) is 23.1 Å². The average Bonchev–Trinajstić information content (AvgIpc) is 3.39. The van der Waals surface area contributed by atoms with Crippen LogP contribution in [0.15, 0.2) is 86.6 Å². The molecule has 3 aromatic carbocycles. The van der Waals surface area contributed by atoms with Gasteiger partial charge in [-0.15, -0.1) is 10.2 Å². The molecule has 0 unspecified atom stereocenters. The predicted octanol–water partition coefficient (Wildman–Crippen LogP) is 6.31. The molecule has 1 aromatic heterocycles. The molecule has 4 rings (SSSR count). The number of rotatable bonds is 12. The highest BCUT2D eigenvalue weighted by atomic mass is 35.5. The minimum atomic E-state index is -0.239. The fraction of sp³-hybridized carbons (Fsp3) is 0.154. The van der Waals surface area contributed by atoms with E-state index in [0.717, 1.165) is 30.4 Å². The highest BCUT2D eigenvalue weighted by Gasteiger charge is 2.10. The summed E-state index contributed by atoms with van der Waals surface area (Å²) in [4.78, 5) is 12.2. The van der Waals surface area contributed by atoms with Gasteiger partial charge in [0.05, 0.1) is 19.1 Å². The van der Waals surface area contributed by atoms with Gasteiger partial charge in [0, 0.05) is 10.8 Å². The van der Waals surface area contributed by atoms with Gasteiger partial charge in [-0.1, -0.05) is 95.0 Å². The molecule has 11 heteroatoms. The van der Waals surface area contributed by atoms with Crippen LogP contribution >= 0.6 is 46.5 Å². The van der Waals surface area contributed by atoms with Gasteiger partial charge in [0.15, 0.2) is 20.2 Å². The molecular formula is C26H23ClN4O3S3.